The second kappa shape index (κ2) is 8.99. The second-order valence-electron chi connectivity index (χ2n) is 5.03. The quantitative estimate of drug-likeness (QED) is 0.411. The molecule has 3 N–H and O–H groups in total. The molecule has 124 valence electrons. The Hall–Kier alpha value is -2.28. The zero-order chi connectivity index (χ0) is 16.5. The lowest BCUT2D eigenvalue weighted by atomic mass is 10.1. The van der Waals surface area contributed by atoms with Crippen LogP contribution >= 0.6 is 11.3 Å². The van der Waals surface area contributed by atoms with Crippen molar-refractivity contribution in [3.8, 4) is 0 Å². The molecule has 23 heavy (non-hydrogen) atoms. The van der Waals surface area contributed by atoms with Crippen molar-refractivity contribution in [1.82, 2.24) is 16.0 Å². The summed E-state index contributed by atoms with van der Waals surface area (Å²) in [4.78, 5) is 17.2. The summed E-state index contributed by atoms with van der Waals surface area (Å²) in [6.07, 6.45) is 1.48. The molecule has 1 unspecified atom stereocenters. The minimum absolute atomic E-state index is 0.217. The predicted molar refractivity (Wildman–Crippen MR) is 93.1 cm³/mol. The van der Waals surface area contributed by atoms with E-state index in [0.29, 0.717) is 24.8 Å². The summed E-state index contributed by atoms with van der Waals surface area (Å²) in [6.45, 7) is 4.05. The van der Waals surface area contributed by atoms with Crippen LogP contribution in [-0.4, -0.2) is 38.5 Å². The van der Waals surface area contributed by atoms with Gasteiger partial charge in [-0.05, 0) is 23.6 Å². The van der Waals surface area contributed by atoms with Gasteiger partial charge < -0.3 is 20.4 Å². The van der Waals surface area contributed by atoms with Gasteiger partial charge in [0.05, 0.1) is 6.26 Å². The van der Waals surface area contributed by atoms with Crippen molar-refractivity contribution >= 4 is 23.2 Å². The van der Waals surface area contributed by atoms with Crippen molar-refractivity contribution in [2.24, 2.45) is 4.99 Å². The molecule has 7 heteroatoms. The van der Waals surface area contributed by atoms with Crippen LogP contribution in [0.1, 0.15) is 28.3 Å². The largest absolute Gasteiger partial charge is 0.459 e. The van der Waals surface area contributed by atoms with Gasteiger partial charge in [0.2, 0.25) is 0 Å². The summed E-state index contributed by atoms with van der Waals surface area (Å²) in [5.74, 6) is 1.25. The number of carbonyl (C=O) groups is 1. The molecule has 6 nitrogen and oxygen atoms in total. The number of carbonyl (C=O) groups excluding carboxylic acids is 1. The normalized spacial score (nSPS) is 12.7. The lowest BCUT2D eigenvalue weighted by molar-refractivity contribution is 0.0926. The Morgan fingerprint density at radius 1 is 1.26 bits per heavy atom. The molecular formula is C16H22N4O2S. The van der Waals surface area contributed by atoms with E-state index in [1.165, 1.54) is 11.1 Å². The van der Waals surface area contributed by atoms with Crippen LogP contribution in [0, 0.1) is 0 Å². The van der Waals surface area contributed by atoms with Gasteiger partial charge in [0, 0.05) is 37.5 Å². The Bertz CT molecular complexity index is 608. The van der Waals surface area contributed by atoms with Gasteiger partial charge in [-0.15, -0.1) is 11.3 Å². The van der Waals surface area contributed by atoms with Gasteiger partial charge in [-0.3, -0.25) is 9.79 Å². The molecule has 1 amide bonds. The van der Waals surface area contributed by atoms with E-state index in [2.05, 4.69) is 45.4 Å². The molecule has 0 aromatic carbocycles. The molecule has 0 saturated heterocycles. The van der Waals surface area contributed by atoms with Crippen molar-refractivity contribution in [2.75, 3.05) is 26.7 Å². The van der Waals surface area contributed by atoms with Crippen molar-refractivity contribution < 1.29 is 9.21 Å². The third-order valence-electron chi connectivity index (χ3n) is 3.28. The molecule has 0 fully saturated rings. The highest BCUT2D eigenvalue weighted by Gasteiger charge is 2.08. The molecule has 0 aliphatic rings. The van der Waals surface area contributed by atoms with Crippen LogP contribution in [0.25, 0.3) is 0 Å². The van der Waals surface area contributed by atoms with Gasteiger partial charge in [-0.25, -0.2) is 0 Å². The van der Waals surface area contributed by atoms with Crippen molar-refractivity contribution in [3.63, 3.8) is 0 Å². The fraction of sp³-hybridized carbons (Fsp3) is 0.375. The summed E-state index contributed by atoms with van der Waals surface area (Å²) in [6, 6.07) is 7.52. The maximum atomic E-state index is 11.7. The Morgan fingerprint density at radius 3 is 2.74 bits per heavy atom. The number of amides is 1. The predicted octanol–water partition coefficient (Wildman–Crippen LogP) is 2.04. The van der Waals surface area contributed by atoms with E-state index in [0.717, 1.165) is 12.5 Å². The fourth-order valence-electron chi connectivity index (χ4n) is 1.99. The zero-order valence-corrected chi connectivity index (χ0v) is 14.2. The van der Waals surface area contributed by atoms with Crippen LogP contribution in [0.5, 0.6) is 0 Å². The smallest absolute Gasteiger partial charge is 0.287 e. The third kappa shape index (κ3) is 5.45. The van der Waals surface area contributed by atoms with Crippen LogP contribution in [0.3, 0.4) is 0 Å². The molecule has 1 atom stereocenters. The SMILES string of the molecule is CN=C(NCCNC(=O)c1ccco1)NCC(C)c1cccs1. The molecule has 2 aromatic heterocycles. The molecule has 2 heterocycles. The first-order valence-electron chi connectivity index (χ1n) is 7.50. The molecular weight excluding hydrogens is 312 g/mol. The first-order chi connectivity index (χ1) is 11.2. The lowest BCUT2D eigenvalue weighted by Gasteiger charge is -2.15. The Kier molecular flexibility index (Phi) is 6.68. The number of thiophene rings is 1. The van der Waals surface area contributed by atoms with Gasteiger partial charge in [0.25, 0.3) is 5.91 Å². The molecule has 0 aliphatic carbocycles. The average molecular weight is 334 g/mol. The highest BCUT2D eigenvalue weighted by Crippen LogP contribution is 2.19. The molecule has 2 aromatic rings. The minimum Gasteiger partial charge on any atom is -0.459 e. The number of guanidine groups is 1. The van der Waals surface area contributed by atoms with Crippen LogP contribution < -0.4 is 16.0 Å². The number of hydrogen-bond donors (Lipinski definition) is 3. The molecule has 2 rings (SSSR count). The van der Waals surface area contributed by atoms with E-state index in [4.69, 9.17) is 4.42 Å². The van der Waals surface area contributed by atoms with E-state index in [1.54, 1.807) is 30.5 Å². The first-order valence-corrected chi connectivity index (χ1v) is 8.38. The monoisotopic (exact) mass is 334 g/mol. The van der Waals surface area contributed by atoms with Crippen molar-refractivity contribution in [1.29, 1.82) is 0 Å². The Balaban J connectivity index is 1.64. The summed E-state index contributed by atoms with van der Waals surface area (Å²) >= 11 is 1.76. The average Bonchev–Trinajstić information content (AvgIpc) is 3.26. The maximum absolute atomic E-state index is 11.7. The van der Waals surface area contributed by atoms with E-state index >= 15 is 0 Å². The van der Waals surface area contributed by atoms with E-state index in [1.807, 2.05) is 0 Å². The van der Waals surface area contributed by atoms with Crippen molar-refractivity contribution in [3.05, 3.63) is 46.5 Å². The summed E-state index contributed by atoms with van der Waals surface area (Å²) < 4.78 is 5.03. The second-order valence-corrected chi connectivity index (χ2v) is 6.01. The van der Waals surface area contributed by atoms with E-state index < -0.39 is 0 Å². The van der Waals surface area contributed by atoms with Crippen LogP contribution in [0.4, 0.5) is 0 Å². The topological polar surface area (TPSA) is 78.7 Å². The van der Waals surface area contributed by atoms with E-state index in [-0.39, 0.29) is 5.91 Å². The number of nitrogens with one attached hydrogen (secondary N) is 3. The highest BCUT2D eigenvalue weighted by molar-refractivity contribution is 7.10. The van der Waals surface area contributed by atoms with Gasteiger partial charge in [-0.2, -0.15) is 0 Å². The molecule has 0 spiro atoms. The zero-order valence-electron chi connectivity index (χ0n) is 13.3. The summed E-state index contributed by atoms with van der Waals surface area (Å²) in [5, 5.41) is 11.3. The summed E-state index contributed by atoms with van der Waals surface area (Å²) in [7, 11) is 1.73. The van der Waals surface area contributed by atoms with Gasteiger partial charge in [0.15, 0.2) is 11.7 Å². The fourth-order valence-corrected chi connectivity index (χ4v) is 2.78. The number of hydrogen-bond acceptors (Lipinski definition) is 4. The summed E-state index contributed by atoms with van der Waals surface area (Å²) in [5.41, 5.74) is 0. The van der Waals surface area contributed by atoms with Crippen LogP contribution in [0.15, 0.2) is 45.3 Å². The van der Waals surface area contributed by atoms with Gasteiger partial charge in [-0.1, -0.05) is 13.0 Å². The molecule has 0 saturated carbocycles. The highest BCUT2D eigenvalue weighted by atomic mass is 32.1. The molecule has 0 radical (unpaired) electrons. The number of nitrogens with zero attached hydrogens (tertiary/aromatic N) is 1. The molecule has 0 aliphatic heterocycles. The number of rotatable bonds is 7. The standard InChI is InChI=1S/C16H22N4O2S/c1-12(14-6-4-10-23-14)11-20-16(17-2)19-8-7-18-15(21)13-5-3-9-22-13/h3-6,9-10,12H,7-8,11H2,1-2H3,(H,18,21)(H2,17,19,20). The maximum Gasteiger partial charge on any atom is 0.287 e. The van der Waals surface area contributed by atoms with Crippen LogP contribution in [0.2, 0.25) is 0 Å². The van der Waals surface area contributed by atoms with Gasteiger partial charge >= 0.3 is 0 Å². The first kappa shape index (κ1) is 17.1. The minimum atomic E-state index is -0.217. The Morgan fingerprint density at radius 2 is 2.09 bits per heavy atom. The third-order valence-corrected chi connectivity index (χ3v) is 4.38. The lowest BCUT2D eigenvalue weighted by Crippen LogP contribution is -2.42. The number of aliphatic imine (C=N–C) groups is 1. The van der Waals surface area contributed by atoms with Crippen molar-refractivity contribution in [2.45, 2.75) is 12.8 Å². The van der Waals surface area contributed by atoms with Crippen LogP contribution in [-0.2, 0) is 0 Å². The Labute approximate surface area is 140 Å². The van der Waals surface area contributed by atoms with E-state index in [9.17, 15) is 4.79 Å². The molecule has 0 bridgehead atoms. The van der Waals surface area contributed by atoms with Gasteiger partial charge in [0.1, 0.15) is 0 Å². The number of furan rings is 1.